The fourth-order valence-corrected chi connectivity index (χ4v) is 2.52. The van der Waals surface area contributed by atoms with Gasteiger partial charge in [-0.1, -0.05) is 0 Å². The summed E-state index contributed by atoms with van der Waals surface area (Å²) in [5.74, 6) is -0.0241. The minimum absolute atomic E-state index is 0.0241. The molecule has 2 rings (SSSR count). The van der Waals surface area contributed by atoms with E-state index in [1.165, 1.54) is 11.3 Å². The highest BCUT2D eigenvalue weighted by Gasteiger charge is 2.26. The Hall–Kier alpha value is -0.980. The minimum Gasteiger partial charge on any atom is -0.377 e. The maximum absolute atomic E-state index is 12.2. The molecule has 0 aromatic carbocycles. The summed E-state index contributed by atoms with van der Waals surface area (Å²) < 4.78 is 5.31. The van der Waals surface area contributed by atoms with Gasteiger partial charge < -0.3 is 15.4 Å². The van der Waals surface area contributed by atoms with Gasteiger partial charge in [0.25, 0.3) is 5.91 Å². The van der Waals surface area contributed by atoms with Crippen molar-refractivity contribution >= 4 is 17.2 Å². The smallest absolute Gasteiger partial charge is 0.273 e. The molecule has 0 spiro atoms. The summed E-state index contributed by atoms with van der Waals surface area (Å²) in [4.78, 5) is 18.3. The molecule has 5 nitrogen and oxygen atoms in total. The van der Waals surface area contributed by atoms with Gasteiger partial charge in [-0.15, -0.1) is 11.3 Å². The molecule has 2 N–H and O–H groups in total. The Morgan fingerprint density at radius 1 is 1.76 bits per heavy atom. The van der Waals surface area contributed by atoms with Gasteiger partial charge in [0.05, 0.1) is 25.3 Å². The van der Waals surface area contributed by atoms with Crippen molar-refractivity contribution in [3.8, 4) is 0 Å². The molecule has 6 heteroatoms. The van der Waals surface area contributed by atoms with Crippen LogP contribution in [0, 0.1) is 0 Å². The van der Waals surface area contributed by atoms with E-state index in [1.54, 1.807) is 5.38 Å². The van der Waals surface area contributed by atoms with Gasteiger partial charge in [-0.2, -0.15) is 0 Å². The number of hydrogen-bond donors (Lipinski definition) is 1. The highest BCUT2D eigenvalue weighted by atomic mass is 32.1. The lowest BCUT2D eigenvalue weighted by molar-refractivity contribution is 0.00330. The molecule has 94 valence electrons. The third-order valence-corrected chi connectivity index (χ3v) is 3.80. The van der Waals surface area contributed by atoms with E-state index < -0.39 is 0 Å². The molecule has 1 aliphatic heterocycles. The fourth-order valence-electron chi connectivity index (χ4n) is 1.77. The number of carbonyl (C=O) groups excluding carboxylic acids is 1. The Labute approximate surface area is 105 Å². The summed E-state index contributed by atoms with van der Waals surface area (Å²) in [6.45, 7) is 5.67. The highest BCUT2D eigenvalue weighted by Crippen LogP contribution is 2.18. The summed E-state index contributed by atoms with van der Waals surface area (Å²) in [6.07, 6.45) is 0. The molecule has 0 bridgehead atoms. The Balaban J connectivity index is 2.12. The molecule has 2 atom stereocenters. The number of carbonyl (C=O) groups is 1. The van der Waals surface area contributed by atoms with E-state index in [1.807, 2.05) is 18.7 Å². The van der Waals surface area contributed by atoms with Crippen molar-refractivity contribution in [3.05, 3.63) is 16.1 Å². The molecular weight excluding hydrogens is 238 g/mol. The first-order valence-electron chi connectivity index (χ1n) is 5.69. The van der Waals surface area contributed by atoms with Crippen LogP contribution in [0.25, 0.3) is 0 Å². The molecule has 2 heterocycles. The molecule has 1 aromatic rings. The molecular formula is C11H17N3O2S. The molecule has 1 fully saturated rings. The van der Waals surface area contributed by atoms with Crippen LogP contribution in [0.15, 0.2) is 5.38 Å². The van der Waals surface area contributed by atoms with Crippen molar-refractivity contribution in [2.75, 3.05) is 19.8 Å². The maximum Gasteiger partial charge on any atom is 0.273 e. The number of aromatic nitrogens is 1. The minimum atomic E-state index is -0.122. The molecule has 17 heavy (non-hydrogen) atoms. The molecule has 1 unspecified atom stereocenters. The van der Waals surface area contributed by atoms with Gasteiger partial charge >= 0.3 is 0 Å². The zero-order chi connectivity index (χ0) is 12.4. The molecule has 1 aromatic heterocycles. The van der Waals surface area contributed by atoms with Crippen molar-refractivity contribution in [2.24, 2.45) is 5.73 Å². The zero-order valence-electron chi connectivity index (χ0n) is 10.0. The van der Waals surface area contributed by atoms with Gasteiger partial charge in [-0.05, 0) is 13.8 Å². The Bertz CT molecular complexity index is 405. The van der Waals surface area contributed by atoms with Gasteiger partial charge in [0.2, 0.25) is 0 Å². The normalized spacial score (nSPS) is 22.5. The SMILES string of the molecule is CC(N)c1nc(C(=O)N2CCOC[C@H]2C)cs1. The monoisotopic (exact) mass is 255 g/mol. The van der Waals surface area contributed by atoms with Crippen LogP contribution in [0.2, 0.25) is 0 Å². The highest BCUT2D eigenvalue weighted by molar-refractivity contribution is 7.09. The first-order chi connectivity index (χ1) is 8.09. The lowest BCUT2D eigenvalue weighted by atomic mass is 10.2. The van der Waals surface area contributed by atoms with E-state index in [0.29, 0.717) is 25.5 Å². The van der Waals surface area contributed by atoms with E-state index in [0.717, 1.165) is 5.01 Å². The van der Waals surface area contributed by atoms with Crippen molar-refractivity contribution in [2.45, 2.75) is 25.9 Å². The van der Waals surface area contributed by atoms with E-state index in [2.05, 4.69) is 4.98 Å². The first-order valence-corrected chi connectivity index (χ1v) is 6.57. The Kier molecular flexibility index (Phi) is 3.76. The van der Waals surface area contributed by atoms with E-state index >= 15 is 0 Å². The maximum atomic E-state index is 12.2. The van der Waals surface area contributed by atoms with Gasteiger partial charge in [-0.3, -0.25) is 4.79 Å². The number of hydrogen-bond acceptors (Lipinski definition) is 5. The molecule has 0 saturated carbocycles. The lowest BCUT2D eigenvalue weighted by Crippen LogP contribution is -2.47. The second-order valence-electron chi connectivity index (χ2n) is 4.28. The average Bonchev–Trinajstić information content (AvgIpc) is 2.78. The molecule has 0 radical (unpaired) electrons. The summed E-state index contributed by atoms with van der Waals surface area (Å²) in [6, 6.07) is -0.0136. The fraction of sp³-hybridized carbons (Fsp3) is 0.636. The standard InChI is InChI=1S/C11H17N3O2S/c1-7-5-16-4-3-14(7)11(15)9-6-17-10(13-9)8(2)12/h6-8H,3-5,12H2,1-2H3/t7-,8?/m1/s1. The molecule has 0 aliphatic carbocycles. The number of nitrogens with two attached hydrogens (primary N) is 1. The van der Waals surface area contributed by atoms with E-state index in [-0.39, 0.29) is 18.0 Å². The lowest BCUT2D eigenvalue weighted by Gasteiger charge is -2.32. The van der Waals surface area contributed by atoms with Crippen molar-refractivity contribution in [3.63, 3.8) is 0 Å². The van der Waals surface area contributed by atoms with Crippen LogP contribution in [-0.4, -0.2) is 41.6 Å². The topological polar surface area (TPSA) is 68.5 Å². The third kappa shape index (κ3) is 2.65. The van der Waals surface area contributed by atoms with Crippen LogP contribution in [-0.2, 0) is 4.74 Å². The average molecular weight is 255 g/mol. The van der Waals surface area contributed by atoms with Crippen LogP contribution < -0.4 is 5.73 Å². The second kappa shape index (κ2) is 5.12. The van der Waals surface area contributed by atoms with Gasteiger partial charge in [0, 0.05) is 11.9 Å². The predicted octanol–water partition coefficient (Wildman–Crippen LogP) is 1.02. The molecule has 1 amide bonds. The zero-order valence-corrected chi connectivity index (χ0v) is 10.9. The van der Waals surface area contributed by atoms with Gasteiger partial charge in [-0.25, -0.2) is 4.98 Å². The first kappa shape index (κ1) is 12.5. The second-order valence-corrected chi connectivity index (χ2v) is 5.17. The third-order valence-electron chi connectivity index (χ3n) is 2.76. The van der Waals surface area contributed by atoms with Crippen molar-refractivity contribution in [1.82, 2.24) is 9.88 Å². The Morgan fingerprint density at radius 2 is 2.53 bits per heavy atom. The van der Waals surface area contributed by atoms with Crippen molar-refractivity contribution < 1.29 is 9.53 Å². The summed E-state index contributed by atoms with van der Waals surface area (Å²) >= 11 is 1.44. The summed E-state index contributed by atoms with van der Waals surface area (Å²) in [5, 5.41) is 2.58. The van der Waals surface area contributed by atoms with Crippen LogP contribution in [0.5, 0.6) is 0 Å². The van der Waals surface area contributed by atoms with Crippen LogP contribution in [0.3, 0.4) is 0 Å². The van der Waals surface area contributed by atoms with Crippen molar-refractivity contribution in [1.29, 1.82) is 0 Å². The number of amides is 1. The largest absolute Gasteiger partial charge is 0.377 e. The Morgan fingerprint density at radius 3 is 3.12 bits per heavy atom. The predicted molar refractivity (Wildman–Crippen MR) is 66.0 cm³/mol. The molecule has 1 aliphatic rings. The van der Waals surface area contributed by atoms with Gasteiger partial charge in [0.15, 0.2) is 0 Å². The number of thiazole rings is 1. The van der Waals surface area contributed by atoms with Crippen LogP contribution >= 0.6 is 11.3 Å². The van der Waals surface area contributed by atoms with E-state index in [9.17, 15) is 4.79 Å². The van der Waals surface area contributed by atoms with E-state index in [4.69, 9.17) is 10.5 Å². The number of ether oxygens (including phenoxy) is 1. The summed E-state index contributed by atoms with van der Waals surface area (Å²) in [5.41, 5.74) is 6.23. The van der Waals surface area contributed by atoms with Gasteiger partial charge in [0.1, 0.15) is 10.7 Å². The van der Waals surface area contributed by atoms with Crippen LogP contribution in [0.4, 0.5) is 0 Å². The number of morpholine rings is 1. The molecule has 1 saturated heterocycles. The van der Waals surface area contributed by atoms with Crippen LogP contribution in [0.1, 0.15) is 35.4 Å². The quantitative estimate of drug-likeness (QED) is 0.857. The summed E-state index contributed by atoms with van der Waals surface area (Å²) in [7, 11) is 0. The number of nitrogens with zero attached hydrogens (tertiary/aromatic N) is 2. The number of rotatable bonds is 2.